The first-order valence-corrected chi connectivity index (χ1v) is 10.9. The minimum absolute atomic E-state index is 0.855. The minimum Gasteiger partial charge on any atom is -0.0530 e. The molecule has 5 fully saturated rings. The summed E-state index contributed by atoms with van der Waals surface area (Å²) in [6, 6.07) is 0. The molecule has 0 bridgehead atoms. The maximum atomic E-state index is 1.63. The van der Waals surface area contributed by atoms with Crippen LogP contribution in [0.2, 0.25) is 0 Å². The van der Waals surface area contributed by atoms with Crippen LogP contribution in [0.1, 0.15) is 96.3 Å². The molecule has 0 aromatic rings. The number of fused-ring (bicyclic) bond motifs is 3. The monoisotopic (exact) mass is 300 g/mol. The van der Waals surface area contributed by atoms with Crippen molar-refractivity contribution in [2.24, 2.45) is 40.9 Å². The summed E-state index contributed by atoms with van der Waals surface area (Å²) < 4.78 is 0. The van der Waals surface area contributed by atoms with Gasteiger partial charge in [-0.3, -0.25) is 0 Å². The SMILES string of the molecule is C1CCC2C(C1)C1CCCCC1C2C1(C2CCCC2)CCC1. The van der Waals surface area contributed by atoms with Crippen molar-refractivity contribution >= 4 is 0 Å². The first kappa shape index (κ1) is 14.4. The highest BCUT2D eigenvalue weighted by molar-refractivity contribution is 5.10. The molecule has 0 amide bonds. The summed E-state index contributed by atoms with van der Waals surface area (Å²) in [6.45, 7) is 0. The van der Waals surface area contributed by atoms with Gasteiger partial charge in [-0.1, -0.05) is 44.9 Å². The van der Waals surface area contributed by atoms with Crippen molar-refractivity contribution in [3.8, 4) is 0 Å². The average molecular weight is 301 g/mol. The highest BCUT2D eigenvalue weighted by Gasteiger charge is 2.61. The summed E-state index contributed by atoms with van der Waals surface area (Å²) >= 11 is 0. The zero-order valence-electron chi connectivity index (χ0n) is 14.6. The second-order valence-corrected chi connectivity index (χ2v) is 9.82. The van der Waals surface area contributed by atoms with E-state index in [0.29, 0.717) is 0 Å². The van der Waals surface area contributed by atoms with Crippen molar-refractivity contribution in [1.29, 1.82) is 0 Å². The maximum Gasteiger partial charge on any atom is -0.0235 e. The Morgan fingerprint density at radius 1 is 0.455 bits per heavy atom. The van der Waals surface area contributed by atoms with Crippen LogP contribution in [-0.4, -0.2) is 0 Å². The van der Waals surface area contributed by atoms with Crippen LogP contribution in [0, 0.1) is 40.9 Å². The summed E-state index contributed by atoms with van der Waals surface area (Å²) in [5.74, 6) is 7.01. The molecule has 124 valence electrons. The fraction of sp³-hybridized carbons (Fsp3) is 1.00. The lowest BCUT2D eigenvalue weighted by molar-refractivity contribution is -0.0657. The second-order valence-electron chi connectivity index (χ2n) is 9.82. The highest BCUT2D eigenvalue weighted by atomic mass is 14.7. The molecule has 0 saturated heterocycles. The summed E-state index contributed by atoms with van der Waals surface area (Å²) in [5.41, 5.74) is 0.855. The third-order valence-electron chi connectivity index (χ3n) is 9.34. The molecular formula is C22H36. The molecule has 0 spiro atoms. The van der Waals surface area contributed by atoms with E-state index >= 15 is 0 Å². The van der Waals surface area contributed by atoms with Crippen molar-refractivity contribution in [2.45, 2.75) is 96.3 Å². The molecule has 0 nitrogen and oxygen atoms in total. The molecular weight excluding hydrogens is 264 g/mol. The average Bonchev–Trinajstić information content (AvgIpc) is 3.15. The molecule has 5 aliphatic carbocycles. The molecule has 5 rings (SSSR count). The topological polar surface area (TPSA) is 0 Å². The van der Waals surface area contributed by atoms with Crippen molar-refractivity contribution in [2.75, 3.05) is 0 Å². The van der Waals surface area contributed by atoms with Crippen molar-refractivity contribution in [1.82, 2.24) is 0 Å². The molecule has 5 saturated carbocycles. The highest BCUT2D eigenvalue weighted by Crippen LogP contribution is 2.69. The lowest BCUT2D eigenvalue weighted by atomic mass is 9.49. The summed E-state index contributed by atoms with van der Waals surface area (Å²) in [7, 11) is 0. The van der Waals surface area contributed by atoms with Crippen molar-refractivity contribution < 1.29 is 0 Å². The standard InChI is InChI=1S/C22H36/c1-2-9-16(8-1)22(14-7-15-22)21-19-12-5-3-10-17(19)18-11-4-6-13-20(18)21/h16-21H,1-15H2. The smallest absolute Gasteiger partial charge is 0.0235 e. The first-order valence-electron chi connectivity index (χ1n) is 10.9. The Labute approximate surface area is 137 Å². The summed E-state index contributed by atoms with van der Waals surface area (Å²) in [6.07, 6.45) is 23.9. The number of hydrogen-bond donors (Lipinski definition) is 0. The molecule has 4 atom stereocenters. The van der Waals surface area contributed by atoms with Gasteiger partial charge in [0.25, 0.3) is 0 Å². The van der Waals surface area contributed by atoms with Gasteiger partial charge in [-0.2, -0.15) is 0 Å². The van der Waals surface area contributed by atoms with E-state index in [4.69, 9.17) is 0 Å². The Bertz CT molecular complexity index is 378. The molecule has 4 unspecified atom stereocenters. The molecule has 0 aromatic heterocycles. The van der Waals surface area contributed by atoms with Crippen LogP contribution in [0.15, 0.2) is 0 Å². The van der Waals surface area contributed by atoms with Crippen LogP contribution in [0.4, 0.5) is 0 Å². The van der Waals surface area contributed by atoms with Gasteiger partial charge < -0.3 is 0 Å². The van der Waals surface area contributed by atoms with Gasteiger partial charge >= 0.3 is 0 Å². The van der Waals surface area contributed by atoms with E-state index in [1.807, 2.05) is 0 Å². The molecule has 0 aromatic carbocycles. The van der Waals surface area contributed by atoms with E-state index in [1.165, 1.54) is 29.6 Å². The maximum absolute atomic E-state index is 1.63. The fourth-order valence-electron chi connectivity index (χ4n) is 8.60. The van der Waals surface area contributed by atoms with Crippen molar-refractivity contribution in [3.63, 3.8) is 0 Å². The van der Waals surface area contributed by atoms with E-state index in [0.717, 1.165) is 11.3 Å². The predicted molar refractivity (Wildman–Crippen MR) is 92.6 cm³/mol. The third kappa shape index (κ3) is 1.94. The lowest BCUT2D eigenvalue weighted by Crippen LogP contribution is -2.48. The van der Waals surface area contributed by atoms with Crippen LogP contribution in [-0.2, 0) is 0 Å². The van der Waals surface area contributed by atoms with Gasteiger partial charge in [0.1, 0.15) is 0 Å². The Morgan fingerprint density at radius 2 is 0.909 bits per heavy atom. The quantitative estimate of drug-likeness (QED) is 0.539. The van der Waals surface area contributed by atoms with E-state index < -0.39 is 0 Å². The number of rotatable bonds is 2. The predicted octanol–water partition coefficient (Wildman–Crippen LogP) is 6.59. The largest absolute Gasteiger partial charge is 0.0530 e. The molecule has 5 aliphatic rings. The first-order chi connectivity index (χ1) is 10.9. The second kappa shape index (κ2) is 5.52. The zero-order valence-corrected chi connectivity index (χ0v) is 14.6. The Kier molecular flexibility index (Phi) is 3.60. The van der Waals surface area contributed by atoms with E-state index in [2.05, 4.69) is 0 Å². The molecule has 0 N–H and O–H groups in total. The van der Waals surface area contributed by atoms with Crippen molar-refractivity contribution in [3.05, 3.63) is 0 Å². The summed E-state index contributed by atoms with van der Waals surface area (Å²) in [5, 5.41) is 0. The molecule has 0 heterocycles. The Morgan fingerprint density at radius 3 is 1.36 bits per heavy atom. The van der Waals surface area contributed by atoms with Gasteiger partial charge in [0.2, 0.25) is 0 Å². The Hall–Kier alpha value is 0. The van der Waals surface area contributed by atoms with Gasteiger partial charge in [-0.25, -0.2) is 0 Å². The normalized spacial score (nSPS) is 47.7. The lowest BCUT2D eigenvalue weighted by Gasteiger charge is -2.56. The third-order valence-corrected chi connectivity index (χ3v) is 9.34. The Balaban J connectivity index is 1.50. The van der Waals surface area contributed by atoms with Crippen LogP contribution in [0.25, 0.3) is 0 Å². The summed E-state index contributed by atoms with van der Waals surface area (Å²) in [4.78, 5) is 0. The van der Waals surface area contributed by atoms with E-state index in [-0.39, 0.29) is 0 Å². The molecule has 0 radical (unpaired) electrons. The molecule has 22 heavy (non-hydrogen) atoms. The minimum atomic E-state index is 0.855. The van der Waals surface area contributed by atoms with Gasteiger partial charge in [0, 0.05) is 0 Å². The fourth-order valence-corrected chi connectivity index (χ4v) is 8.60. The van der Waals surface area contributed by atoms with Crippen LogP contribution in [0.3, 0.4) is 0 Å². The van der Waals surface area contributed by atoms with E-state index in [9.17, 15) is 0 Å². The van der Waals surface area contributed by atoms with Crippen LogP contribution in [0.5, 0.6) is 0 Å². The van der Waals surface area contributed by atoms with E-state index in [1.54, 1.807) is 96.3 Å². The van der Waals surface area contributed by atoms with Crippen LogP contribution >= 0.6 is 0 Å². The molecule has 0 aliphatic heterocycles. The van der Waals surface area contributed by atoms with Gasteiger partial charge in [0.05, 0.1) is 0 Å². The van der Waals surface area contributed by atoms with Crippen LogP contribution < -0.4 is 0 Å². The zero-order chi connectivity index (χ0) is 14.6. The molecule has 0 heteroatoms. The van der Waals surface area contributed by atoms with Gasteiger partial charge in [-0.05, 0) is 92.3 Å². The van der Waals surface area contributed by atoms with Gasteiger partial charge in [0.15, 0.2) is 0 Å². The number of hydrogen-bond acceptors (Lipinski definition) is 0. The van der Waals surface area contributed by atoms with Gasteiger partial charge in [-0.15, -0.1) is 0 Å².